The molecule has 2 nitrogen and oxygen atoms in total. The molecule has 4 heteroatoms. The van der Waals surface area contributed by atoms with Crippen LogP contribution in [0.4, 0.5) is 0 Å². The van der Waals surface area contributed by atoms with Crippen LogP contribution in [0.3, 0.4) is 0 Å². The van der Waals surface area contributed by atoms with E-state index in [9.17, 15) is 4.57 Å². The van der Waals surface area contributed by atoms with Crippen LogP contribution in [0.25, 0.3) is 0 Å². The van der Waals surface area contributed by atoms with E-state index in [0.717, 1.165) is 24.8 Å². The molecule has 0 aromatic carbocycles. The lowest BCUT2D eigenvalue weighted by Gasteiger charge is -2.12. The Morgan fingerprint density at radius 3 is 2.18 bits per heavy atom. The summed E-state index contributed by atoms with van der Waals surface area (Å²) in [6, 6.07) is 0. The smallest absolute Gasteiger partial charge is 0.0932 e. The Morgan fingerprint density at radius 1 is 1.27 bits per heavy atom. The van der Waals surface area contributed by atoms with Crippen LogP contribution in [0.2, 0.25) is 0 Å². The summed E-state index contributed by atoms with van der Waals surface area (Å²) in [5, 5.41) is 0. The highest BCUT2D eigenvalue weighted by molar-refractivity contribution is 7.71. The maximum Gasteiger partial charge on any atom is 0.0932 e. The Bertz CT molecular complexity index is 128. The summed E-state index contributed by atoms with van der Waals surface area (Å²) in [5.74, 6) is 0.786. The molecule has 0 saturated carbocycles. The van der Waals surface area contributed by atoms with Gasteiger partial charge in [-0.2, -0.15) is 0 Å². The topological polar surface area (TPSA) is 26.3 Å². The van der Waals surface area contributed by atoms with Crippen LogP contribution in [0, 0.1) is 0 Å². The summed E-state index contributed by atoms with van der Waals surface area (Å²) in [5.41, 5.74) is 0. The molecule has 0 aromatic heterocycles. The molecule has 0 aromatic rings. The zero-order valence-electron chi connectivity index (χ0n) is 7.59. The van der Waals surface area contributed by atoms with Gasteiger partial charge < -0.3 is 9.09 Å². The van der Waals surface area contributed by atoms with Gasteiger partial charge in [0.25, 0.3) is 0 Å². The molecular formula is C7H18O2P2. The van der Waals surface area contributed by atoms with Crippen molar-refractivity contribution in [1.82, 2.24) is 0 Å². The average Bonchev–Trinajstić information content (AvgIpc) is 2.05. The van der Waals surface area contributed by atoms with E-state index in [4.69, 9.17) is 4.52 Å². The van der Waals surface area contributed by atoms with Crippen molar-refractivity contribution >= 4 is 15.9 Å². The first-order chi connectivity index (χ1) is 5.18. The van der Waals surface area contributed by atoms with Crippen molar-refractivity contribution in [3.8, 4) is 0 Å². The van der Waals surface area contributed by atoms with E-state index >= 15 is 0 Å². The third-order valence-electron chi connectivity index (χ3n) is 1.75. The largest absolute Gasteiger partial charge is 0.362 e. The predicted molar refractivity (Wildman–Crippen MR) is 53.5 cm³/mol. The van der Waals surface area contributed by atoms with Gasteiger partial charge >= 0.3 is 0 Å². The maximum atomic E-state index is 11.8. The van der Waals surface area contributed by atoms with E-state index in [1.165, 1.54) is 0 Å². The van der Waals surface area contributed by atoms with Gasteiger partial charge in [-0.3, -0.25) is 0 Å². The lowest BCUT2D eigenvalue weighted by molar-refractivity contribution is 0.391. The molecule has 0 radical (unpaired) electrons. The molecule has 11 heavy (non-hydrogen) atoms. The zero-order valence-corrected chi connectivity index (χ0v) is 9.49. The second kappa shape index (κ2) is 6.17. The SMILES string of the molecule is CCOPCP(=O)(CC)CC. The van der Waals surface area contributed by atoms with Crippen LogP contribution >= 0.6 is 15.9 Å². The fourth-order valence-corrected chi connectivity index (χ4v) is 4.46. The fraction of sp³-hybridized carbons (Fsp3) is 1.00. The van der Waals surface area contributed by atoms with Crippen LogP contribution < -0.4 is 0 Å². The van der Waals surface area contributed by atoms with Crippen molar-refractivity contribution in [2.45, 2.75) is 20.8 Å². The summed E-state index contributed by atoms with van der Waals surface area (Å²) in [6.45, 7) is 6.71. The molecule has 0 rings (SSSR count). The quantitative estimate of drug-likeness (QED) is 0.482. The van der Waals surface area contributed by atoms with Gasteiger partial charge in [0.1, 0.15) is 0 Å². The van der Waals surface area contributed by atoms with Crippen molar-refractivity contribution in [2.24, 2.45) is 0 Å². The normalized spacial score (nSPS) is 13.0. The third-order valence-corrected chi connectivity index (χ3v) is 7.37. The molecular weight excluding hydrogens is 178 g/mol. The fourth-order valence-electron chi connectivity index (χ4n) is 0.713. The van der Waals surface area contributed by atoms with Crippen LogP contribution in [-0.4, -0.2) is 24.8 Å². The van der Waals surface area contributed by atoms with Gasteiger partial charge in [-0.1, -0.05) is 13.8 Å². The molecule has 0 heterocycles. The van der Waals surface area contributed by atoms with E-state index in [0.29, 0.717) is 8.81 Å². The number of hydrogen-bond donors (Lipinski definition) is 0. The Balaban J connectivity index is 3.61. The summed E-state index contributed by atoms with van der Waals surface area (Å²) in [4.78, 5) is 0. The number of rotatable bonds is 6. The van der Waals surface area contributed by atoms with Crippen molar-refractivity contribution in [2.75, 3.05) is 24.8 Å². The number of hydrogen-bond acceptors (Lipinski definition) is 2. The highest BCUT2D eigenvalue weighted by Crippen LogP contribution is 2.49. The molecule has 0 aliphatic rings. The zero-order chi connectivity index (χ0) is 8.74. The van der Waals surface area contributed by atoms with Gasteiger partial charge in [0.15, 0.2) is 0 Å². The van der Waals surface area contributed by atoms with Gasteiger partial charge in [0.2, 0.25) is 0 Å². The van der Waals surface area contributed by atoms with Crippen molar-refractivity contribution in [3.63, 3.8) is 0 Å². The summed E-state index contributed by atoms with van der Waals surface area (Å²) in [6.07, 6.45) is 1.65. The van der Waals surface area contributed by atoms with E-state index < -0.39 is 7.14 Å². The van der Waals surface area contributed by atoms with Crippen molar-refractivity contribution < 1.29 is 9.09 Å². The van der Waals surface area contributed by atoms with Crippen molar-refractivity contribution in [3.05, 3.63) is 0 Å². The molecule has 0 aliphatic carbocycles. The maximum absolute atomic E-state index is 11.8. The van der Waals surface area contributed by atoms with Gasteiger partial charge in [-0.25, -0.2) is 0 Å². The molecule has 1 atom stereocenters. The van der Waals surface area contributed by atoms with E-state index in [2.05, 4.69) is 0 Å². The first-order valence-corrected chi connectivity index (χ1v) is 7.48. The summed E-state index contributed by atoms with van der Waals surface area (Å²) >= 11 is 0. The van der Waals surface area contributed by atoms with E-state index in [-0.39, 0.29) is 0 Å². The minimum absolute atomic E-state index is 0.434. The van der Waals surface area contributed by atoms with Crippen LogP contribution in [0.1, 0.15) is 20.8 Å². The van der Waals surface area contributed by atoms with Crippen LogP contribution in [-0.2, 0) is 9.09 Å². The molecule has 0 fully saturated rings. The average molecular weight is 196 g/mol. The lowest BCUT2D eigenvalue weighted by Crippen LogP contribution is -1.91. The predicted octanol–water partition coefficient (Wildman–Crippen LogP) is 2.98. The Kier molecular flexibility index (Phi) is 6.52. The standard InChI is InChI=1S/C7H18O2P2/c1-4-9-10-7-11(8,5-2)6-3/h10H,4-7H2,1-3H3. The molecule has 0 spiro atoms. The monoisotopic (exact) mass is 196 g/mol. The molecule has 0 bridgehead atoms. The summed E-state index contributed by atoms with van der Waals surface area (Å²) < 4.78 is 16.9. The van der Waals surface area contributed by atoms with Crippen LogP contribution in [0.15, 0.2) is 0 Å². The molecule has 0 N–H and O–H groups in total. The first-order valence-electron chi connectivity index (χ1n) is 4.10. The second-order valence-corrected chi connectivity index (χ2v) is 7.65. The van der Waals surface area contributed by atoms with Gasteiger partial charge in [-0.15, -0.1) is 0 Å². The minimum atomic E-state index is -1.82. The summed E-state index contributed by atoms with van der Waals surface area (Å²) in [7, 11) is -1.39. The van der Waals surface area contributed by atoms with Crippen LogP contribution in [0.5, 0.6) is 0 Å². The Hall–Kier alpha value is 0.620. The molecule has 1 unspecified atom stereocenters. The molecule has 0 saturated heterocycles. The Labute approximate surface area is 71.3 Å². The third kappa shape index (κ3) is 4.95. The highest BCUT2D eigenvalue weighted by atomic mass is 31.2. The lowest BCUT2D eigenvalue weighted by atomic mass is 10.9. The van der Waals surface area contributed by atoms with Gasteiger partial charge in [0, 0.05) is 21.3 Å². The first kappa shape index (κ1) is 11.6. The Morgan fingerprint density at radius 2 is 1.82 bits per heavy atom. The highest BCUT2D eigenvalue weighted by Gasteiger charge is 2.15. The molecule has 0 aliphatic heterocycles. The van der Waals surface area contributed by atoms with E-state index in [1.54, 1.807) is 0 Å². The molecule has 0 amide bonds. The van der Waals surface area contributed by atoms with Gasteiger partial charge in [0.05, 0.1) is 7.14 Å². The van der Waals surface area contributed by atoms with E-state index in [1.807, 2.05) is 20.8 Å². The minimum Gasteiger partial charge on any atom is -0.362 e. The van der Waals surface area contributed by atoms with Gasteiger partial charge in [-0.05, 0) is 19.2 Å². The molecule has 68 valence electrons. The second-order valence-electron chi connectivity index (χ2n) is 2.43. The van der Waals surface area contributed by atoms with Crippen molar-refractivity contribution in [1.29, 1.82) is 0 Å².